The fourth-order valence-corrected chi connectivity index (χ4v) is 10.9. The number of rotatable bonds is 9. The molecule has 4 nitrogen and oxygen atoms in total. The van der Waals surface area contributed by atoms with Gasteiger partial charge in [-0.3, -0.25) is 4.99 Å². The zero-order valence-electron chi connectivity index (χ0n) is 42.0. The summed E-state index contributed by atoms with van der Waals surface area (Å²) < 4.78 is 0. The Bertz CT molecular complexity index is 4270. The van der Waals surface area contributed by atoms with Gasteiger partial charge in [0.15, 0.2) is 17.5 Å². The van der Waals surface area contributed by atoms with Crippen LogP contribution in [0.2, 0.25) is 0 Å². The molecular formula is C72H50N4. The number of hydrogen-bond donors (Lipinski definition) is 0. The lowest BCUT2D eigenvalue weighted by Crippen LogP contribution is -2.18. The summed E-state index contributed by atoms with van der Waals surface area (Å²) in [5.74, 6) is 1.93. The molecule has 0 amide bonds. The molecule has 4 heteroatoms. The third-order valence-electron chi connectivity index (χ3n) is 14.7. The molecule has 2 aliphatic rings. The molecule has 1 atom stereocenters. The molecule has 0 spiro atoms. The van der Waals surface area contributed by atoms with E-state index in [0.29, 0.717) is 17.5 Å². The molecule has 358 valence electrons. The Morgan fingerprint density at radius 3 is 1.47 bits per heavy atom. The zero-order valence-corrected chi connectivity index (χ0v) is 42.0. The second-order valence-electron chi connectivity index (χ2n) is 19.3. The summed E-state index contributed by atoms with van der Waals surface area (Å²) in [7, 11) is 0. The van der Waals surface area contributed by atoms with Crippen molar-refractivity contribution in [2.24, 2.45) is 4.99 Å². The van der Waals surface area contributed by atoms with Gasteiger partial charge < -0.3 is 0 Å². The largest absolute Gasteiger partial charge is 0.264 e. The third kappa shape index (κ3) is 8.42. The van der Waals surface area contributed by atoms with Crippen molar-refractivity contribution in [1.82, 2.24) is 15.0 Å². The number of benzene rings is 11. The number of fused-ring (bicyclic) bond motifs is 7. The van der Waals surface area contributed by atoms with E-state index in [2.05, 4.69) is 225 Å². The molecule has 1 aliphatic carbocycles. The van der Waals surface area contributed by atoms with Crippen LogP contribution < -0.4 is 0 Å². The van der Waals surface area contributed by atoms with Crippen LogP contribution in [0.5, 0.6) is 0 Å². The summed E-state index contributed by atoms with van der Waals surface area (Å²) in [6.45, 7) is 5.42. The average Bonchev–Trinajstić information content (AvgIpc) is 4.30. The fraction of sp³-hybridized carbons (Fsp3) is 0.0278. The highest BCUT2D eigenvalue weighted by Gasteiger charge is 2.50. The Balaban J connectivity index is 0.00000106. The van der Waals surface area contributed by atoms with E-state index in [1.807, 2.05) is 55.5 Å². The molecule has 1 unspecified atom stereocenters. The first-order valence-electron chi connectivity index (χ1n) is 25.8. The van der Waals surface area contributed by atoms with Gasteiger partial charge in [0, 0.05) is 16.7 Å². The number of dihydropyridines is 1. The van der Waals surface area contributed by atoms with E-state index < -0.39 is 5.54 Å². The lowest BCUT2D eigenvalue weighted by atomic mass is 9.84. The molecule has 2 heterocycles. The van der Waals surface area contributed by atoms with Crippen LogP contribution >= 0.6 is 0 Å². The number of aromatic nitrogens is 3. The highest BCUT2D eigenvalue weighted by Crippen LogP contribution is 2.58. The van der Waals surface area contributed by atoms with Gasteiger partial charge in [-0.25, -0.2) is 15.0 Å². The van der Waals surface area contributed by atoms with E-state index in [9.17, 15) is 0 Å². The molecule has 0 N–H and O–H groups in total. The Kier molecular flexibility index (Phi) is 11.8. The molecule has 76 heavy (non-hydrogen) atoms. The van der Waals surface area contributed by atoms with Crippen LogP contribution in [0.15, 0.2) is 290 Å². The van der Waals surface area contributed by atoms with Gasteiger partial charge in [-0.15, -0.1) is 0 Å². The average molecular weight is 971 g/mol. The minimum atomic E-state index is -0.536. The van der Waals surface area contributed by atoms with E-state index in [0.717, 1.165) is 60.8 Å². The SMILES string of the molecule is C1=C(c2ccccc2)C2=CC2(c2cc3ccc(-c4ccc(-c5ccc6c(c5)c(-c5nc(-c7ccccc7)nc(-c7ccccc7)n5)cc5ccccc56)cc4)cc3c3ccccc23)N=C1c1ccccc1.C=C/C=C\C. The van der Waals surface area contributed by atoms with Crippen LogP contribution in [0.1, 0.15) is 23.6 Å². The molecule has 0 bridgehead atoms. The molecular weight excluding hydrogens is 921 g/mol. The smallest absolute Gasteiger partial charge is 0.164 e. The minimum Gasteiger partial charge on any atom is -0.264 e. The predicted molar refractivity (Wildman–Crippen MR) is 319 cm³/mol. The van der Waals surface area contributed by atoms with Gasteiger partial charge in [0.25, 0.3) is 0 Å². The second kappa shape index (κ2) is 19.5. The van der Waals surface area contributed by atoms with Crippen molar-refractivity contribution in [2.45, 2.75) is 12.5 Å². The maximum Gasteiger partial charge on any atom is 0.164 e. The van der Waals surface area contributed by atoms with Gasteiger partial charge >= 0.3 is 0 Å². The third-order valence-corrected chi connectivity index (χ3v) is 14.7. The molecule has 0 saturated carbocycles. The van der Waals surface area contributed by atoms with Crippen LogP contribution in [0.25, 0.3) is 105 Å². The van der Waals surface area contributed by atoms with E-state index in [-0.39, 0.29) is 0 Å². The van der Waals surface area contributed by atoms with Crippen molar-refractivity contribution >= 4 is 54.4 Å². The Morgan fingerprint density at radius 2 is 0.868 bits per heavy atom. The quantitative estimate of drug-likeness (QED) is 0.107. The van der Waals surface area contributed by atoms with Gasteiger partial charge in [0.05, 0.1) is 5.71 Å². The summed E-state index contributed by atoms with van der Waals surface area (Å²) in [6, 6.07) is 86.4. The molecule has 14 rings (SSSR count). The maximum absolute atomic E-state index is 5.58. The Hall–Kier alpha value is -9.90. The second-order valence-corrected chi connectivity index (χ2v) is 19.3. The molecule has 1 aliphatic heterocycles. The predicted octanol–water partition coefficient (Wildman–Crippen LogP) is 18.3. The van der Waals surface area contributed by atoms with E-state index >= 15 is 0 Å². The summed E-state index contributed by atoms with van der Waals surface area (Å²) in [6.07, 6.45) is 10.2. The van der Waals surface area contributed by atoms with Gasteiger partial charge in [0.2, 0.25) is 0 Å². The number of allylic oxidation sites excluding steroid dienone is 4. The van der Waals surface area contributed by atoms with Crippen LogP contribution in [-0.2, 0) is 5.54 Å². The highest BCUT2D eigenvalue weighted by atomic mass is 15.0. The van der Waals surface area contributed by atoms with Gasteiger partial charge in [-0.1, -0.05) is 243 Å². The van der Waals surface area contributed by atoms with Crippen molar-refractivity contribution in [1.29, 1.82) is 0 Å². The lowest BCUT2D eigenvalue weighted by Gasteiger charge is -2.25. The topological polar surface area (TPSA) is 51.0 Å². The van der Waals surface area contributed by atoms with E-state index in [1.54, 1.807) is 6.08 Å². The Morgan fingerprint density at radius 1 is 0.382 bits per heavy atom. The van der Waals surface area contributed by atoms with Gasteiger partial charge in [0.1, 0.15) is 5.54 Å². The van der Waals surface area contributed by atoms with Crippen LogP contribution in [-0.4, -0.2) is 20.7 Å². The van der Waals surface area contributed by atoms with Gasteiger partial charge in [-0.05, 0) is 137 Å². The zero-order chi connectivity index (χ0) is 51.0. The van der Waals surface area contributed by atoms with Gasteiger partial charge in [-0.2, -0.15) is 0 Å². The summed E-state index contributed by atoms with van der Waals surface area (Å²) in [4.78, 5) is 20.9. The Labute approximate surface area is 442 Å². The first-order chi connectivity index (χ1) is 37.5. The molecule has 11 aromatic carbocycles. The van der Waals surface area contributed by atoms with E-state index in [1.165, 1.54) is 54.8 Å². The lowest BCUT2D eigenvalue weighted by molar-refractivity contribution is 0.809. The first kappa shape index (κ1) is 45.9. The molecule has 1 aromatic heterocycles. The summed E-state index contributed by atoms with van der Waals surface area (Å²) >= 11 is 0. The van der Waals surface area contributed by atoms with Crippen molar-refractivity contribution in [3.05, 3.63) is 302 Å². The van der Waals surface area contributed by atoms with Crippen molar-refractivity contribution in [2.75, 3.05) is 0 Å². The molecule has 0 radical (unpaired) electrons. The normalized spacial score (nSPS) is 14.7. The summed E-state index contributed by atoms with van der Waals surface area (Å²) in [5.41, 5.74) is 14.0. The maximum atomic E-state index is 5.58. The van der Waals surface area contributed by atoms with E-state index in [4.69, 9.17) is 19.9 Å². The monoisotopic (exact) mass is 970 g/mol. The van der Waals surface area contributed by atoms with Crippen LogP contribution in [0.3, 0.4) is 0 Å². The fourth-order valence-electron chi connectivity index (χ4n) is 10.9. The van der Waals surface area contributed by atoms with Crippen molar-refractivity contribution in [3.8, 4) is 56.4 Å². The first-order valence-corrected chi connectivity index (χ1v) is 25.8. The number of hydrogen-bond acceptors (Lipinski definition) is 4. The van der Waals surface area contributed by atoms with Crippen molar-refractivity contribution in [3.63, 3.8) is 0 Å². The van der Waals surface area contributed by atoms with Crippen LogP contribution in [0.4, 0.5) is 0 Å². The standard InChI is InChI=1S/C67H42N4.C5H8/c1-5-17-45(18-6-1)58-41-63(46-19-7-2-8-20-46)71-67(42-62(58)67)61-40-52-34-33-49(37-57(52)54-27-15-16-28-56(54)61)43-29-31-44(32-30-43)50-35-36-55-53-26-14-13-25-51(53)39-60(59(55)38-50)66-69-64(47-21-9-3-10-22-47)68-65(70-66)48-23-11-4-12-24-48;1-3-5-4-2/h1-42H;3-5H,1H2,2H3/b;5-4-. The highest BCUT2D eigenvalue weighted by molar-refractivity contribution is 6.19. The number of nitrogens with zero attached hydrogens (tertiary/aromatic N) is 4. The molecule has 0 fully saturated rings. The summed E-state index contributed by atoms with van der Waals surface area (Å²) in [5, 5.41) is 9.44. The molecule has 12 aromatic rings. The minimum absolute atomic E-state index is 0.536. The number of aliphatic imine (C=N–C) groups is 1. The van der Waals surface area contributed by atoms with Crippen molar-refractivity contribution < 1.29 is 0 Å². The van der Waals surface area contributed by atoms with Crippen LogP contribution in [0, 0.1) is 0 Å². The molecule has 0 saturated heterocycles.